The van der Waals surface area contributed by atoms with E-state index < -0.39 is 40.9 Å². The second kappa shape index (κ2) is 4.17. The lowest BCUT2D eigenvalue weighted by atomic mass is 10.1. The normalized spacial score (nSPS) is 13.7. The van der Waals surface area contributed by atoms with E-state index in [1.807, 2.05) is 0 Å². The molecular weight excluding hydrogens is 292 g/mol. The Labute approximate surface area is 98.8 Å². The minimum atomic E-state index is -6.31. The van der Waals surface area contributed by atoms with E-state index in [2.05, 4.69) is 4.98 Å². The van der Waals surface area contributed by atoms with Gasteiger partial charge in [-0.3, -0.25) is 4.79 Å². The third-order valence-electron chi connectivity index (χ3n) is 1.97. The molecule has 0 atom stereocenters. The fourth-order valence-electron chi connectivity index (χ4n) is 1.21. The highest BCUT2D eigenvalue weighted by Gasteiger charge is 2.63. The van der Waals surface area contributed by atoms with Crippen molar-refractivity contribution in [1.82, 2.24) is 9.97 Å². The summed E-state index contributed by atoms with van der Waals surface area (Å²) >= 11 is 0. The summed E-state index contributed by atoms with van der Waals surface area (Å²) in [6.45, 7) is 0.775. The first-order valence-corrected chi connectivity index (χ1v) is 4.41. The van der Waals surface area contributed by atoms with E-state index in [1.54, 1.807) is 0 Å². The van der Waals surface area contributed by atoms with Crippen LogP contribution >= 0.6 is 0 Å². The summed E-state index contributed by atoms with van der Waals surface area (Å²) in [5, 5.41) is 0. The molecule has 0 aliphatic carbocycles. The molecule has 1 heterocycles. The van der Waals surface area contributed by atoms with Gasteiger partial charge >= 0.3 is 18.3 Å². The molecule has 108 valence electrons. The van der Waals surface area contributed by atoms with Crippen molar-refractivity contribution in [3.05, 3.63) is 27.4 Å². The largest absolute Gasteiger partial charge is 0.459 e. The van der Waals surface area contributed by atoms with Crippen LogP contribution in [-0.2, 0) is 12.1 Å². The van der Waals surface area contributed by atoms with Gasteiger partial charge in [-0.15, -0.1) is 0 Å². The summed E-state index contributed by atoms with van der Waals surface area (Å²) in [6, 6.07) is 0. The monoisotopic (exact) mass is 296 g/mol. The summed E-state index contributed by atoms with van der Waals surface area (Å²) in [7, 11) is 0. The lowest BCUT2D eigenvalue weighted by molar-refractivity contribution is -0.292. The van der Waals surface area contributed by atoms with Gasteiger partial charge in [-0.1, -0.05) is 0 Å². The lowest BCUT2D eigenvalue weighted by Gasteiger charge is -2.22. The predicted molar refractivity (Wildman–Crippen MR) is 44.5 cm³/mol. The Morgan fingerprint density at radius 2 is 1.47 bits per heavy atom. The fourth-order valence-corrected chi connectivity index (χ4v) is 1.21. The molecule has 1 N–H and O–H groups in total. The van der Waals surface area contributed by atoms with Gasteiger partial charge in [-0.2, -0.15) is 35.1 Å². The molecule has 0 radical (unpaired) electrons. The molecule has 1 aromatic rings. The molecule has 0 aromatic carbocycles. The van der Waals surface area contributed by atoms with Crippen molar-refractivity contribution in [3.8, 4) is 0 Å². The smallest absolute Gasteiger partial charge is 0.310 e. The SMILES string of the molecule is Cc1nc(C(F)(F)C(F)(F)F)c(C(F)(F)F)c(=O)[nH]1. The number of aryl methyl sites for hydroxylation is 1. The summed E-state index contributed by atoms with van der Waals surface area (Å²) in [5.74, 6) is -6.69. The van der Waals surface area contributed by atoms with E-state index in [0.29, 0.717) is 0 Å². The van der Waals surface area contributed by atoms with Crippen molar-refractivity contribution in [3.63, 3.8) is 0 Å². The Morgan fingerprint density at radius 1 is 1.00 bits per heavy atom. The molecule has 0 saturated heterocycles. The maximum Gasteiger partial charge on any atom is 0.459 e. The maximum absolute atomic E-state index is 13.0. The van der Waals surface area contributed by atoms with Crippen molar-refractivity contribution in [1.29, 1.82) is 0 Å². The number of nitrogens with zero attached hydrogens (tertiary/aromatic N) is 1. The topological polar surface area (TPSA) is 45.8 Å². The van der Waals surface area contributed by atoms with E-state index in [1.165, 1.54) is 4.98 Å². The van der Waals surface area contributed by atoms with Gasteiger partial charge in [0.1, 0.15) is 17.1 Å². The van der Waals surface area contributed by atoms with Gasteiger partial charge in [-0.25, -0.2) is 4.98 Å². The number of aromatic amines is 1. The molecule has 0 unspecified atom stereocenters. The summed E-state index contributed by atoms with van der Waals surface area (Å²) in [6.07, 6.45) is -12.0. The van der Waals surface area contributed by atoms with Crippen LogP contribution in [0.15, 0.2) is 4.79 Å². The van der Waals surface area contributed by atoms with Gasteiger partial charge in [0.05, 0.1) is 0 Å². The standard InChI is InChI=1S/C8H4F8N2O/c1-2-17-4(6(9,10)8(14,15)16)3(5(19)18-2)7(11,12)13/h1H3,(H,17,18,19). The van der Waals surface area contributed by atoms with Crippen molar-refractivity contribution < 1.29 is 35.1 Å². The number of halogens is 8. The van der Waals surface area contributed by atoms with Crippen LogP contribution < -0.4 is 5.56 Å². The number of rotatable bonds is 1. The molecule has 0 aliphatic heterocycles. The summed E-state index contributed by atoms with van der Waals surface area (Å²) in [5.41, 5.74) is -7.44. The van der Waals surface area contributed by atoms with Gasteiger partial charge in [0.15, 0.2) is 0 Å². The van der Waals surface area contributed by atoms with Crippen LogP contribution in [-0.4, -0.2) is 16.1 Å². The van der Waals surface area contributed by atoms with Crippen molar-refractivity contribution in [2.75, 3.05) is 0 Å². The van der Waals surface area contributed by atoms with Gasteiger partial charge in [0.25, 0.3) is 5.56 Å². The molecule has 1 aromatic heterocycles. The van der Waals surface area contributed by atoms with Crippen molar-refractivity contribution in [2.45, 2.75) is 25.2 Å². The van der Waals surface area contributed by atoms with Gasteiger partial charge < -0.3 is 4.98 Å². The highest BCUT2D eigenvalue weighted by Crippen LogP contribution is 2.46. The zero-order valence-electron chi connectivity index (χ0n) is 8.88. The van der Waals surface area contributed by atoms with E-state index in [9.17, 15) is 39.9 Å². The Bertz CT molecular complexity index is 541. The molecule has 0 fully saturated rings. The Hall–Kier alpha value is -1.68. The number of alkyl halides is 8. The van der Waals surface area contributed by atoms with Crippen molar-refractivity contribution >= 4 is 0 Å². The molecule has 1 rings (SSSR count). The van der Waals surface area contributed by atoms with Gasteiger partial charge in [0, 0.05) is 0 Å². The van der Waals surface area contributed by atoms with Gasteiger partial charge in [0.2, 0.25) is 0 Å². The third kappa shape index (κ3) is 2.68. The predicted octanol–water partition coefficient (Wildman–Crippen LogP) is 2.75. The Balaban J connectivity index is 3.74. The van der Waals surface area contributed by atoms with E-state index in [0.717, 1.165) is 6.92 Å². The highest BCUT2D eigenvalue weighted by molar-refractivity contribution is 5.26. The molecule has 0 saturated carbocycles. The lowest BCUT2D eigenvalue weighted by Crippen LogP contribution is -2.40. The first-order valence-electron chi connectivity index (χ1n) is 4.41. The van der Waals surface area contributed by atoms with Crippen LogP contribution in [0.1, 0.15) is 17.1 Å². The van der Waals surface area contributed by atoms with Gasteiger partial charge in [-0.05, 0) is 6.92 Å². The summed E-state index contributed by atoms with van der Waals surface area (Å²) < 4.78 is 99.4. The molecule has 19 heavy (non-hydrogen) atoms. The molecule has 0 amide bonds. The molecule has 0 aliphatic rings. The fraction of sp³-hybridized carbons (Fsp3) is 0.500. The van der Waals surface area contributed by atoms with Crippen LogP contribution in [0, 0.1) is 6.92 Å². The van der Waals surface area contributed by atoms with E-state index in [-0.39, 0.29) is 0 Å². The van der Waals surface area contributed by atoms with Crippen LogP contribution in [0.4, 0.5) is 35.1 Å². The first-order chi connectivity index (χ1) is 8.28. The highest BCUT2D eigenvalue weighted by atomic mass is 19.4. The number of hydrogen-bond acceptors (Lipinski definition) is 2. The molecule has 0 spiro atoms. The van der Waals surface area contributed by atoms with Crippen LogP contribution in [0.25, 0.3) is 0 Å². The zero-order chi connectivity index (χ0) is 15.2. The third-order valence-corrected chi connectivity index (χ3v) is 1.97. The molecule has 11 heteroatoms. The Morgan fingerprint density at radius 3 is 1.84 bits per heavy atom. The zero-order valence-corrected chi connectivity index (χ0v) is 8.88. The number of aromatic nitrogens is 2. The number of nitrogens with one attached hydrogen (secondary N) is 1. The minimum absolute atomic E-state index is 0.775. The maximum atomic E-state index is 13.0. The summed E-state index contributed by atoms with van der Waals surface area (Å²) in [4.78, 5) is 14.9. The number of H-pyrrole nitrogens is 1. The van der Waals surface area contributed by atoms with Crippen LogP contribution in [0.3, 0.4) is 0 Å². The van der Waals surface area contributed by atoms with Crippen LogP contribution in [0.5, 0.6) is 0 Å². The second-order valence-corrected chi connectivity index (χ2v) is 3.44. The van der Waals surface area contributed by atoms with E-state index in [4.69, 9.17) is 0 Å². The number of hydrogen-bond donors (Lipinski definition) is 1. The average Bonchev–Trinajstić information content (AvgIpc) is 2.11. The van der Waals surface area contributed by atoms with E-state index >= 15 is 0 Å². The minimum Gasteiger partial charge on any atom is -0.310 e. The van der Waals surface area contributed by atoms with Crippen molar-refractivity contribution in [2.24, 2.45) is 0 Å². The first kappa shape index (κ1) is 15.4. The molecular formula is C8H4F8N2O. The molecule has 0 bridgehead atoms. The van der Waals surface area contributed by atoms with Crippen LogP contribution in [0.2, 0.25) is 0 Å². The quantitative estimate of drug-likeness (QED) is 0.810. The second-order valence-electron chi connectivity index (χ2n) is 3.44. The Kier molecular flexibility index (Phi) is 3.37. The molecule has 3 nitrogen and oxygen atoms in total. The average molecular weight is 296 g/mol.